The first-order valence-electron chi connectivity index (χ1n) is 9.89. The van der Waals surface area contributed by atoms with Crippen molar-refractivity contribution < 1.29 is 4.79 Å². The van der Waals surface area contributed by atoms with Crippen molar-refractivity contribution >= 4 is 11.7 Å². The summed E-state index contributed by atoms with van der Waals surface area (Å²) in [5.74, 6) is 0. The van der Waals surface area contributed by atoms with E-state index in [4.69, 9.17) is 0 Å². The number of nitrogens with one attached hydrogen (secondary N) is 2. The number of likely N-dealkylation sites (tertiary alicyclic amines) is 1. The first-order valence-corrected chi connectivity index (χ1v) is 9.89. The third-order valence-corrected chi connectivity index (χ3v) is 5.88. The van der Waals surface area contributed by atoms with Crippen LogP contribution in [0, 0.1) is 0 Å². The molecule has 2 saturated heterocycles. The van der Waals surface area contributed by atoms with Gasteiger partial charge in [-0.05, 0) is 50.7 Å². The number of carbonyl (C=O) groups is 1. The lowest BCUT2D eigenvalue weighted by atomic mass is 10.0. The maximum absolute atomic E-state index is 12.3. The highest BCUT2D eigenvalue weighted by Crippen LogP contribution is 2.29. The predicted octanol–water partition coefficient (Wildman–Crippen LogP) is 2.58. The minimum Gasteiger partial charge on any atom is -0.371 e. The van der Waals surface area contributed by atoms with Crippen LogP contribution in [0.5, 0.6) is 0 Å². The summed E-state index contributed by atoms with van der Waals surface area (Å²) in [4.78, 5) is 17.3. The molecule has 1 aromatic rings. The molecule has 0 atom stereocenters. The van der Waals surface area contributed by atoms with Gasteiger partial charge in [-0.1, -0.05) is 18.2 Å². The van der Waals surface area contributed by atoms with Crippen LogP contribution in [-0.4, -0.2) is 55.2 Å². The lowest BCUT2D eigenvalue weighted by molar-refractivity contribution is 0.184. The molecule has 0 radical (unpaired) electrons. The molecule has 0 unspecified atom stereocenters. The van der Waals surface area contributed by atoms with Gasteiger partial charge in [0.2, 0.25) is 0 Å². The van der Waals surface area contributed by atoms with E-state index in [9.17, 15) is 4.79 Å². The number of piperidine rings is 2. The highest BCUT2D eigenvalue weighted by molar-refractivity contribution is 5.74. The van der Waals surface area contributed by atoms with Crippen LogP contribution in [0.25, 0.3) is 0 Å². The summed E-state index contributed by atoms with van der Waals surface area (Å²) in [7, 11) is 0. The Hall–Kier alpha value is -1.75. The molecule has 0 aromatic heterocycles. The summed E-state index contributed by atoms with van der Waals surface area (Å²) in [5, 5.41) is 6.39. The van der Waals surface area contributed by atoms with E-state index in [1.807, 2.05) is 0 Å². The standard InChI is InChI=1S/C20H30N4O/c25-20(22-17-10-14-24(15-11-17)19-6-7-19)21-16-8-12-23(13-9-16)18-4-2-1-3-5-18/h1-5,16-17,19H,6-15H2,(H2,21,22,25). The maximum Gasteiger partial charge on any atom is 0.315 e. The van der Waals surface area contributed by atoms with Crippen LogP contribution in [-0.2, 0) is 0 Å². The first kappa shape index (κ1) is 16.7. The fraction of sp³-hybridized carbons (Fsp3) is 0.650. The summed E-state index contributed by atoms with van der Waals surface area (Å²) in [5.41, 5.74) is 1.29. The summed E-state index contributed by atoms with van der Waals surface area (Å²) in [6.07, 6.45) is 6.97. The molecular weight excluding hydrogens is 312 g/mol. The summed E-state index contributed by atoms with van der Waals surface area (Å²) < 4.78 is 0. The van der Waals surface area contributed by atoms with E-state index >= 15 is 0 Å². The van der Waals surface area contributed by atoms with Crippen molar-refractivity contribution in [2.45, 2.75) is 56.7 Å². The first-order chi connectivity index (χ1) is 12.3. The summed E-state index contributed by atoms with van der Waals surface area (Å²) >= 11 is 0. The monoisotopic (exact) mass is 342 g/mol. The summed E-state index contributed by atoms with van der Waals surface area (Å²) in [6, 6.07) is 12.1. The van der Waals surface area contributed by atoms with Crippen LogP contribution in [0.3, 0.4) is 0 Å². The lowest BCUT2D eigenvalue weighted by Gasteiger charge is -2.35. The van der Waals surface area contributed by atoms with Crippen LogP contribution in [0.15, 0.2) is 30.3 Å². The number of hydrogen-bond donors (Lipinski definition) is 2. The van der Waals surface area contributed by atoms with E-state index < -0.39 is 0 Å². The summed E-state index contributed by atoms with van der Waals surface area (Å²) in [6.45, 7) is 4.31. The maximum atomic E-state index is 12.3. The van der Waals surface area contributed by atoms with Crippen LogP contribution >= 0.6 is 0 Å². The predicted molar refractivity (Wildman–Crippen MR) is 101 cm³/mol. The van der Waals surface area contributed by atoms with E-state index in [1.165, 1.54) is 18.5 Å². The molecule has 2 heterocycles. The van der Waals surface area contributed by atoms with Crippen molar-refractivity contribution in [1.29, 1.82) is 0 Å². The van der Waals surface area contributed by atoms with Gasteiger partial charge in [0.25, 0.3) is 0 Å². The van der Waals surface area contributed by atoms with Gasteiger partial charge < -0.3 is 20.4 Å². The molecule has 25 heavy (non-hydrogen) atoms. The molecule has 4 rings (SSSR count). The highest BCUT2D eigenvalue weighted by Gasteiger charge is 2.32. The number of benzene rings is 1. The van der Waals surface area contributed by atoms with Gasteiger partial charge in [0.15, 0.2) is 0 Å². The van der Waals surface area contributed by atoms with Crippen molar-refractivity contribution in [1.82, 2.24) is 15.5 Å². The Morgan fingerprint density at radius 1 is 0.800 bits per heavy atom. The second kappa shape index (κ2) is 7.65. The zero-order chi connectivity index (χ0) is 17.1. The topological polar surface area (TPSA) is 47.6 Å². The molecule has 136 valence electrons. The SMILES string of the molecule is O=C(NC1CCN(c2ccccc2)CC1)NC1CCN(C2CC2)CC1. The Balaban J connectivity index is 1.16. The second-order valence-corrected chi connectivity index (χ2v) is 7.76. The third kappa shape index (κ3) is 4.46. The quantitative estimate of drug-likeness (QED) is 0.884. The second-order valence-electron chi connectivity index (χ2n) is 7.76. The van der Waals surface area contributed by atoms with Gasteiger partial charge in [-0.2, -0.15) is 0 Å². The minimum absolute atomic E-state index is 0.0306. The number of hydrogen-bond acceptors (Lipinski definition) is 3. The van der Waals surface area contributed by atoms with Gasteiger partial charge >= 0.3 is 6.03 Å². The Bertz CT molecular complexity index is 558. The van der Waals surface area contributed by atoms with Crippen molar-refractivity contribution in [3.05, 3.63) is 30.3 Å². The number of anilines is 1. The van der Waals surface area contributed by atoms with Crippen molar-refractivity contribution in [3.63, 3.8) is 0 Å². The van der Waals surface area contributed by atoms with Crippen LogP contribution in [0.4, 0.5) is 10.5 Å². The molecular formula is C20H30N4O. The van der Waals surface area contributed by atoms with Crippen LogP contribution in [0.2, 0.25) is 0 Å². The Morgan fingerprint density at radius 2 is 1.36 bits per heavy atom. The van der Waals surface area contributed by atoms with Gasteiger partial charge in [-0.15, -0.1) is 0 Å². The molecule has 2 N–H and O–H groups in total. The van der Waals surface area contributed by atoms with Crippen LogP contribution in [0.1, 0.15) is 38.5 Å². The molecule has 1 aliphatic carbocycles. The van der Waals surface area contributed by atoms with Crippen molar-refractivity contribution in [2.75, 3.05) is 31.1 Å². The third-order valence-electron chi connectivity index (χ3n) is 5.88. The zero-order valence-corrected chi connectivity index (χ0v) is 15.0. The van der Waals surface area contributed by atoms with Crippen LogP contribution < -0.4 is 15.5 Å². The van der Waals surface area contributed by atoms with Crippen molar-refractivity contribution in [3.8, 4) is 0 Å². The number of urea groups is 1. The Kier molecular flexibility index (Phi) is 5.11. The van der Waals surface area contributed by atoms with E-state index in [0.29, 0.717) is 12.1 Å². The fourth-order valence-corrected chi connectivity index (χ4v) is 4.18. The Morgan fingerprint density at radius 3 is 1.92 bits per heavy atom. The smallest absolute Gasteiger partial charge is 0.315 e. The van der Waals surface area contributed by atoms with Gasteiger partial charge in [0.05, 0.1) is 0 Å². The fourth-order valence-electron chi connectivity index (χ4n) is 4.18. The van der Waals surface area contributed by atoms with Gasteiger partial charge in [-0.25, -0.2) is 4.79 Å². The van der Waals surface area contributed by atoms with Gasteiger partial charge in [0.1, 0.15) is 0 Å². The average Bonchev–Trinajstić information content (AvgIpc) is 3.49. The zero-order valence-electron chi connectivity index (χ0n) is 15.0. The number of carbonyl (C=O) groups excluding carboxylic acids is 1. The van der Waals surface area contributed by atoms with E-state index in [2.05, 4.69) is 50.8 Å². The molecule has 5 nitrogen and oxygen atoms in total. The average molecular weight is 342 g/mol. The largest absolute Gasteiger partial charge is 0.371 e. The van der Waals surface area contributed by atoms with Gasteiger partial charge in [-0.3, -0.25) is 0 Å². The van der Waals surface area contributed by atoms with E-state index in [0.717, 1.165) is 57.9 Å². The number of rotatable bonds is 4. The molecule has 2 aliphatic heterocycles. The van der Waals surface area contributed by atoms with E-state index in [-0.39, 0.29) is 6.03 Å². The molecule has 5 heteroatoms. The molecule has 1 saturated carbocycles. The van der Waals surface area contributed by atoms with E-state index in [1.54, 1.807) is 0 Å². The molecule has 3 aliphatic rings. The number of nitrogens with zero attached hydrogens (tertiary/aromatic N) is 2. The molecule has 2 amide bonds. The normalized spacial score (nSPS) is 23.4. The lowest BCUT2D eigenvalue weighted by Crippen LogP contribution is -2.52. The molecule has 3 fully saturated rings. The van der Waals surface area contributed by atoms with Gasteiger partial charge in [0, 0.05) is 50.0 Å². The van der Waals surface area contributed by atoms with Crippen molar-refractivity contribution in [2.24, 2.45) is 0 Å². The molecule has 0 spiro atoms. The molecule has 1 aromatic carbocycles. The number of para-hydroxylation sites is 1. The highest BCUT2D eigenvalue weighted by atomic mass is 16.2. The number of amides is 2. The Labute approximate surface area is 150 Å². The molecule has 0 bridgehead atoms. The minimum atomic E-state index is 0.0306.